The first kappa shape index (κ1) is 19.3. The third-order valence-electron chi connectivity index (χ3n) is 4.78. The number of hydrogen-bond donors (Lipinski definition) is 1. The van der Waals surface area contributed by atoms with Gasteiger partial charge in [-0.2, -0.15) is 0 Å². The molecular weight excluding hydrogens is 380 g/mol. The number of carbonyl (C=O) groups excluding carboxylic acids is 1. The van der Waals surface area contributed by atoms with Crippen LogP contribution in [0.3, 0.4) is 0 Å². The molecule has 2 aromatic carbocycles. The highest BCUT2D eigenvalue weighted by Crippen LogP contribution is 2.30. The fraction of sp³-hybridized carbons (Fsp3) is 0.130. The quantitative estimate of drug-likeness (QED) is 0.512. The number of imidazole rings is 1. The van der Waals surface area contributed by atoms with Gasteiger partial charge in [0, 0.05) is 18.0 Å². The monoisotopic (exact) mass is 402 g/mol. The van der Waals surface area contributed by atoms with Gasteiger partial charge in [0.1, 0.15) is 17.1 Å². The molecule has 152 valence electrons. The van der Waals surface area contributed by atoms with Crippen molar-refractivity contribution in [3.8, 4) is 11.5 Å². The van der Waals surface area contributed by atoms with E-state index in [1.54, 1.807) is 43.5 Å². The van der Waals surface area contributed by atoms with Crippen LogP contribution in [0.4, 0.5) is 16.2 Å². The van der Waals surface area contributed by atoms with E-state index >= 15 is 0 Å². The highest BCUT2D eigenvalue weighted by atomic mass is 16.5. The first-order valence-electron chi connectivity index (χ1n) is 9.46. The van der Waals surface area contributed by atoms with Crippen LogP contribution in [0.2, 0.25) is 0 Å². The molecule has 30 heavy (non-hydrogen) atoms. The van der Waals surface area contributed by atoms with Gasteiger partial charge in [0.15, 0.2) is 0 Å². The summed E-state index contributed by atoms with van der Waals surface area (Å²) in [5, 5.41) is 2.95. The molecule has 2 aromatic heterocycles. The second-order valence-corrected chi connectivity index (χ2v) is 6.60. The number of para-hydroxylation sites is 1. The molecule has 4 rings (SSSR count). The number of ether oxygens (including phenoxy) is 2. The number of methoxy groups -OCH3 is 2. The summed E-state index contributed by atoms with van der Waals surface area (Å²) in [5.74, 6) is 1.17. The minimum Gasteiger partial charge on any atom is -0.497 e. The summed E-state index contributed by atoms with van der Waals surface area (Å²) < 4.78 is 12.6. The van der Waals surface area contributed by atoms with Crippen LogP contribution in [0.1, 0.15) is 5.69 Å². The lowest BCUT2D eigenvalue weighted by Crippen LogP contribution is -2.35. The van der Waals surface area contributed by atoms with E-state index in [0.29, 0.717) is 23.7 Å². The molecule has 0 bridgehead atoms. The van der Waals surface area contributed by atoms with Crippen molar-refractivity contribution in [2.45, 2.75) is 6.54 Å². The van der Waals surface area contributed by atoms with E-state index in [0.717, 1.165) is 17.0 Å². The molecule has 0 radical (unpaired) electrons. The van der Waals surface area contributed by atoms with Crippen LogP contribution in [-0.4, -0.2) is 29.6 Å². The standard InChI is InChI=1S/C23H22N4O3/c1-29-19-11-12-20(21(14-19)30-2)25-23(28)27(17-8-4-3-5-9-17)16-18-15-24-22-10-6-7-13-26(18)22/h3-15H,16H2,1-2H3,(H,25,28). The number of urea groups is 1. The maximum atomic E-state index is 13.3. The van der Waals surface area contributed by atoms with Crippen LogP contribution in [0.25, 0.3) is 5.65 Å². The maximum Gasteiger partial charge on any atom is 0.326 e. The lowest BCUT2D eigenvalue weighted by Gasteiger charge is -2.24. The van der Waals surface area contributed by atoms with E-state index in [1.165, 1.54) is 0 Å². The molecule has 0 aliphatic heterocycles. The molecule has 4 aromatic rings. The Morgan fingerprint density at radius 3 is 2.60 bits per heavy atom. The van der Waals surface area contributed by atoms with Crippen molar-refractivity contribution in [1.82, 2.24) is 9.38 Å². The van der Waals surface area contributed by atoms with Crippen LogP contribution in [0, 0.1) is 0 Å². The van der Waals surface area contributed by atoms with Gasteiger partial charge in [0.05, 0.1) is 38.3 Å². The van der Waals surface area contributed by atoms with Crippen LogP contribution < -0.4 is 19.7 Å². The number of fused-ring (bicyclic) bond motifs is 1. The Bertz CT molecular complexity index is 1160. The van der Waals surface area contributed by atoms with Crippen molar-refractivity contribution in [3.63, 3.8) is 0 Å². The van der Waals surface area contributed by atoms with Gasteiger partial charge in [0.2, 0.25) is 0 Å². The molecule has 0 saturated heterocycles. The normalized spacial score (nSPS) is 10.6. The number of aromatic nitrogens is 2. The SMILES string of the molecule is COc1ccc(NC(=O)N(Cc2cnc3ccccn23)c2ccccc2)c(OC)c1. The van der Waals surface area contributed by atoms with Crippen molar-refractivity contribution < 1.29 is 14.3 Å². The Labute approximate surface area is 174 Å². The zero-order chi connectivity index (χ0) is 20.9. The zero-order valence-corrected chi connectivity index (χ0v) is 16.8. The van der Waals surface area contributed by atoms with Gasteiger partial charge >= 0.3 is 6.03 Å². The second kappa shape index (κ2) is 8.57. The van der Waals surface area contributed by atoms with Crippen LogP contribution in [0.5, 0.6) is 11.5 Å². The Morgan fingerprint density at radius 1 is 1.03 bits per heavy atom. The Morgan fingerprint density at radius 2 is 1.83 bits per heavy atom. The van der Waals surface area contributed by atoms with Crippen molar-refractivity contribution in [1.29, 1.82) is 0 Å². The fourth-order valence-electron chi connectivity index (χ4n) is 3.24. The summed E-state index contributed by atoms with van der Waals surface area (Å²) in [5.41, 5.74) is 3.06. The molecule has 2 amide bonds. The maximum absolute atomic E-state index is 13.3. The Balaban J connectivity index is 1.66. The Hall–Kier alpha value is -4.00. The lowest BCUT2D eigenvalue weighted by atomic mass is 10.2. The molecule has 2 heterocycles. The molecule has 7 heteroatoms. The summed E-state index contributed by atoms with van der Waals surface area (Å²) in [7, 11) is 3.14. The first-order valence-corrected chi connectivity index (χ1v) is 9.46. The summed E-state index contributed by atoms with van der Waals surface area (Å²) in [6.07, 6.45) is 3.72. The number of pyridine rings is 1. The van der Waals surface area contributed by atoms with Gasteiger partial charge in [-0.1, -0.05) is 24.3 Å². The fourth-order valence-corrected chi connectivity index (χ4v) is 3.24. The number of benzene rings is 2. The van der Waals surface area contributed by atoms with Crippen LogP contribution in [0.15, 0.2) is 79.1 Å². The number of nitrogens with zero attached hydrogens (tertiary/aromatic N) is 3. The van der Waals surface area contributed by atoms with Gasteiger partial charge < -0.3 is 19.2 Å². The topological polar surface area (TPSA) is 68.1 Å². The minimum atomic E-state index is -0.282. The highest BCUT2D eigenvalue weighted by Gasteiger charge is 2.20. The van der Waals surface area contributed by atoms with Gasteiger partial charge in [-0.05, 0) is 36.4 Å². The van der Waals surface area contributed by atoms with Gasteiger partial charge in [-0.3, -0.25) is 4.90 Å². The number of anilines is 2. The smallest absolute Gasteiger partial charge is 0.326 e. The molecule has 1 N–H and O–H groups in total. The van der Waals surface area contributed by atoms with Crippen molar-refractivity contribution in [3.05, 3.63) is 84.8 Å². The predicted octanol–water partition coefficient (Wildman–Crippen LogP) is 4.59. The van der Waals surface area contributed by atoms with Gasteiger partial charge in [0.25, 0.3) is 0 Å². The minimum absolute atomic E-state index is 0.282. The summed E-state index contributed by atoms with van der Waals surface area (Å²) in [4.78, 5) is 19.4. The Kier molecular flexibility index (Phi) is 5.52. The summed E-state index contributed by atoms with van der Waals surface area (Å²) >= 11 is 0. The van der Waals surface area contributed by atoms with E-state index in [1.807, 2.05) is 59.1 Å². The number of amides is 2. The highest BCUT2D eigenvalue weighted by molar-refractivity contribution is 6.02. The predicted molar refractivity (Wildman–Crippen MR) is 116 cm³/mol. The van der Waals surface area contributed by atoms with E-state index in [-0.39, 0.29) is 6.03 Å². The third kappa shape index (κ3) is 3.91. The molecule has 0 aliphatic rings. The molecule has 0 atom stereocenters. The van der Waals surface area contributed by atoms with Gasteiger partial charge in [-0.15, -0.1) is 0 Å². The molecule has 0 saturated carbocycles. The second-order valence-electron chi connectivity index (χ2n) is 6.60. The summed E-state index contributed by atoms with van der Waals surface area (Å²) in [6.45, 7) is 0.347. The number of nitrogens with one attached hydrogen (secondary N) is 1. The van der Waals surface area contributed by atoms with E-state index < -0.39 is 0 Å². The van der Waals surface area contributed by atoms with Crippen molar-refractivity contribution in [2.24, 2.45) is 0 Å². The number of hydrogen-bond acceptors (Lipinski definition) is 4. The van der Waals surface area contributed by atoms with E-state index in [2.05, 4.69) is 10.3 Å². The van der Waals surface area contributed by atoms with E-state index in [4.69, 9.17) is 9.47 Å². The zero-order valence-electron chi connectivity index (χ0n) is 16.8. The number of rotatable bonds is 6. The molecular formula is C23H22N4O3. The molecule has 0 unspecified atom stereocenters. The van der Waals surface area contributed by atoms with Crippen molar-refractivity contribution in [2.75, 3.05) is 24.4 Å². The molecule has 0 aliphatic carbocycles. The summed E-state index contributed by atoms with van der Waals surface area (Å²) in [6, 6.07) is 20.3. The largest absolute Gasteiger partial charge is 0.497 e. The average molecular weight is 402 g/mol. The molecule has 0 fully saturated rings. The lowest BCUT2D eigenvalue weighted by molar-refractivity contribution is 0.256. The van der Waals surface area contributed by atoms with Crippen molar-refractivity contribution >= 4 is 23.1 Å². The molecule has 7 nitrogen and oxygen atoms in total. The number of carbonyl (C=O) groups is 1. The first-order chi connectivity index (χ1) is 14.7. The van der Waals surface area contributed by atoms with Crippen LogP contribution in [-0.2, 0) is 6.54 Å². The third-order valence-corrected chi connectivity index (χ3v) is 4.78. The molecule has 0 spiro atoms. The van der Waals surface area contributed by atoms with Crippen LogP contribution >= 0.6 is 0 Å². The average Bonchev–Trinajstić information content (AvgIpc) is 3.21. The van der Waals surface area contributed by atoms with E-state index in [9.17, 15) is 4.79 Å². The van der Waals surface area contributed by atoms with Gasteiger partial charge in [-0.25, -0.2) is 9.78 Å².